The van der Waals surface area contributed by atoms with Crippen molar-refractivity contribution in [2.45, 2.75) is 78.9 Å². The highest BCUT2D eigenvalue weighted by Gasteiger charge is 2.45. The van der Waals surface area contributed by atoms with Crippen molar-refractivity contribution in [1.29, 1.82) is 0 Å². The molecule has 0 spiro atoms. The SMILES string of the molecule is CC1(C)C(/C=C/C=C2/N(c3cccc(S(=O)(=O)O)c3)c3ccc(S(=O)(=O)O)cc3C2(C)C)=[N+](CCCCCC(=O)O)c2ccc(S(=O)(=O)O)cc21. The second kappa shape index (κ2) is 13.4. The minimum Gasteiger partial charge on any atom is -0.481 e. The van der Waals surface area contributed by atoms with Gasteiger partial charge in [-0.05, 0) is 86.9 Å². The van der Waals surface area contributed by atoms with Gasteiger partial charge in [-0.1, -0.05) is 26.0 Å². The monoisotopic (exact) mass is 759 g/mol. The van der Waals surface area contributed by atoms with Gasteiger partial charge in [0.2, 0.25) is 5.69 Å². The fourth-order valence-electron chi connectivity index (χ4n) is 6.77. The van der Waals surface area contributed by atoms with Crippen molar-refractivity contribution in [3.63, 3.8) is 0 Å². The van der Waals surface area contributed by atoms with Gasteiger partial charge in [0.25, 0.3) is 30.4 Å². The van der Waals surface area contributed by atoms with Gasteiger partial charge in [0.15, 0.2) is 5.71 Å². The van der Waals surface area contributed by atoms with E-state index in [1.54, 1.807) is 29.2 Å². The van der Waals surface area contributed by atoms with Gasteiger partial charge in [0.1, 0.15) is 6.54 Å². The van der Waals surface area contributed by atoms with Gasteiger partial charge in [-0.15, -0.1) is 0 Å². The van der Waals surface area contributed by atoms with E-state index >= 15 is 0 Å². The van der Waals surface area contributed by atoms with Gasteiger partial charge in [0.05, 0.1) is 25.8 Å². The molecule has 0 atom stereocenters. The van der Waals surface area contributed by atoms with E-state index in [0.29, 0.717) is 54.0 Å². The summed E-state index contributed by atoms with van der Waals surface area (Å²) in [6.07, 6.45) is 7.21. The summed E-state index contributed by atoms with van der Waals surface area (Å²) in [4.78, 5) is 11.9. The molecular formula is C35H39N2O11S3+. The van der Waals surface area contributed by atoms with Crippen molar-refractivity contribution in [3.05, 3.63) is 95.7 Å². The summed E-state index contributed by atoms with van der Waals surface area (Å²) in [6.45, 7) is 8.00. The summed E-state index contributed by atoms with van der Waals surface area (Å²) in [6, 6.07) is 14.1. The lowest BCUT2D eigenvalue weighted by molar-refractivity contribution is -0.438. The molecule has 5 rings (SSSR count). The molecule has 0 amide bonds. The van der Waals surface area contributed by atoms with Crippen LogP contribution in [0, 0.1) is 0 Å². The number of unbranched alkanes of at least 4 members (excludes halogenated alkanes) is 2. The molecule has 3 aromatic rings. The number of carboxylic acid groups (broad SMARTS) is 1. The molecule has 2 aliphatic heterocycles. The molecule has 16 heteroatoms. The van der Waals surface area contributed by atoms with Crippen molar-refractivity contribution < 1.29 is 53.4 Å². The van der Waals surface area contributed by atoms with Crippen molar-refractivity contribution in [3.8, 4) is 0 Å². The molecule has 0 bridgehead atoms. The largest absolute Gasteiger partial charge is 0.481 e. The van der Waals surface area contributed by atoms with Crippen LogP contribution in [-0.2, 0) is 46.0 Å². The Balaban J connectivity index is 1.65. The van der Waals surface area contributed by atoms with Crippen LogP contribution in [0.25, 0.3) is 0 Å². The van der Waals surface area contributed by atoms with Crippen molar-refractivity contribution in [2.75, 3.05) is 11.4 Å². The van der Waals surface area contributed by atoms with Crippen LogP contribution in [0.4, 0.5) is 17.1 Å². The molecule has 0 fully saturated rings. The van der Waals surface area contributed by atoms with Gasteiger partial charge in [-0.25, -0.2) is 0 Å². The first kappa shape index (κ1) is 38.1. The van der Waals surface area contributed by atoms with E-state index in [0.717, 1.165) is 11.4 Å². The second-order valence-corrected chi connectivity index (χ2v) is 17.8. The molecule has 0 aromatic heterocycles. The number of anilines is 2. The standard InChI is InChI=1S/C35H38N2O11S3/c1-34(2)27-21-25(50(43,44)45)15-17-29(27)36(19-7-5-6-14-33(38)39)31(34)12-9-13-32-35(3,4)28-22-26(51(46,47)48)16-18-30(28)37(32)23-10-8-11-24(20-23)49(40,41)42/h8-13,15-18,20-22H,5-7,14,19H2,1-4H3,(H3-,38,39,40,41,42,43,44,45,46,47,48)/p+1. The zero-order chi connectivity index (χ0) is 37.7. The highest BCUT2D eigenvalue weighted by molar-refractivity contribution is 7.86. The lowest BCUT2D eigenvalue weighted by atomic mass is 9.81. The Labute approximate surface area is 297 Å². The lowest BCUT2D eigenvalue weighted by Gasteiger charge is -2.27. The van der Waals surface area contributed by atoms with Crippen molar-refractivity contribution in [2.24, 2.45) is 0 Å². The van der Waals surface area contributed by atoms with Crippen LogP contribution in [0.2, 0.25) is 0 Å². The molecule has 0 saturated heterocycles. The topological polar surface area (TPSA) is 207 Å². The third-order valence-corrected chi connectivity index (χ3v) is 11.9. The minimum absolute atomic E-state index is 0.0391. The second-order valence-electron chi connectivity index (χ2n) is 13.5. The van der Waals surface area contributed by atoms with Crippen LogP contribution < -0.4 is 4.90 Å². The lowest BCUT2D eigenvalue weighted by Crippen LogP contribution is -2.28. The van der Waals surface area contributed by atoms with Crippen LogP contribution >= 0.6 is 0 Å². The Hall–Kier alpha value is -4.19. The quantitative estimate of drug-likeness (QED) is 0.0951. The van der Waals surface area contributed by atoms with Gasteiger partial charge < -0.3 is 10.0 Å². The summed E-state index contributed by atoms with van der Waals surface area (Å²) >= 11 is 0. The Morgan fingerprint density at radius 3 is 1.94 bits per heavy atom. The molecule has 0 radical (unpaired) electrons. The molecule has 4 N–H and O–H groups in total. The number of hydrogen-bond donors (Lipinski definition) is 4. The maximum atomic E-state index is 12.1. The Morgan fingerprint density at radius 2 is 1.33 bits per heavy atom. The summed E-state index contributed by atoms with van der Waals surface area (Å²) < 4.78 is 104. The number of benzene rings is 3. The van der Waals surface area contributed by atoms with E-state index in [2.05, 4.69) is 0 Å². The number of fused-ring (bicyclic) bond motifs is 2. The fourth-order valence-corrected chi connectivity index (χ4v) is 8.31. The number of carboxylic acids is 1. The van der Waals surface area contributed by atoms with E-state index in [1.165, 1.54) is 48.5 Å². The summed E-state index contributed by atoms with van der Waals surface area (Å²) in [7, 11) is -13.6. The maximum Gasteiger partial charge on any atom is 0.303 e. The average molecular weight is 760 g/mol. The molecule has 2 heterocycles. The van der Waals surface area contributed by atoms with Crippen molar-refractivity contribution >= 4 is 59.1 Å². The summed E-state index contributed by atoms with van der Waals surface area (Å²) in [5.74, 6) is -0.881. The average Bonchev–Trinajstić information content (AvgIpc) is 3.37. The van der Waals surface area contributed by atoms with E-state index in [1.807, 2.05) is 38.3 Å². The Bertz CT molecular complexity index is 2360. The first-order chi connectivity index (χ1) is 23.5. The molecule has 0 saturated carbocycles. The molecule has 51 heavy (non-hydrogen) atoms. The zero-order valence-electron chi connectivity index (χ0n) is 28.3. The fraction of sp³-hybridized carbons (Fsp3) is 0.314. The van der Waals surface area contributed by atoms with Crippen LogP contribution in [0.5, 0.6) is 0 Å². The predicted octanol–water partition coefficient (Wildman–Crippen LogP) is 6.02. The highest BCUT2D eigenvalue weighted by atomic mass is 32.2. The Kier molecular flexibility index (Phi) is 10.0. The van der Waals surface area contributed by atoms with Crippen LogP contribution in [0.1, 0.15) is 64.5 Å². The smallest absolute Gasteiger partial charge is 0.303 e. The van der Waals surface area contributed by atoms with Crippen LogP contribution in [0.15, 0.2) is 99.3 Å². The third kappa shape index (κ3) is 7.56. The molecular weight excluding hydrogens is 721 g/mol. The number of allylic oxidation sites excluding steroid dienone is 4. The van der Waals surface area contributed by atoms with E-state index < -0.39 is 47.2 Å². The van der Waals surface area contributed by atoms with Crippen LogP contribution in [-0.4, -0.2) is 66.8 Å². The third-order valence-electron chi connectivity index (χ3n) is 9.38. The molecule has 272 valence electrons. The van der Waals surface area contributed by atoms with Crippen LogP contribution in [0.3, 0.4) is 0 Å². The normalized spacial score (nSPS) is 17.7. The van der Waals surface area contributed by atoms with E-state index in [4.69, 9.17) is 5.11 Å². The Morgan fingerprint density at radius 1 is 0.745 bits per heavy atom. The molecule has 0 aliphatic carbocycles. The van der Waals surface area contributed by atoms with Gasteiger partial charge in [0, 0.05) is 47.3 Å². The number of nitrogens with zero attached hydrogens (tertiary/aromatic N) is 2. The number of rotatable bonds is 12. The molecule has 0 unspecified atom stereocenters. The highest BCUT2D eigenvalue weighted by Crippen LogP contribution is 2.52. The molecule has 2 aliphatic rings. The van der Waals surface area contributed by atoms with Gasteiger partial charge in [-0.3, -0.25) is 18.5 Å². The van der Waals surface area contributed by atoms with Gasteiger partial charge >= 0.3 is 5.97 Å². The number of hydrogen-bond acceptors (Lipinski definition) is 8. The van der Waals surface area contributed by atoms with E-state index in [-0.39, 0.29) is 21.1 Å². The first-order valence-corrected chi connectivity index (χ1v) is 20.2. The minimum atomic E-state index is -4.57. The van der Waals surface area contributed by atoms with Crippen molar-refractivity contribution in [1.82, 2.24) is 0 Å². The van der Waals surface area contributed by atoms with E-state index in [9.17, 15) is 43.7 Å². The summed E-state index contributed by atoms with van der Waals surface area (Å²) in [5, 5.41) is 9.05. The molecule has 13 nitrogen and oxygen atoms in total. The number of carbonyl (C=O) groups is 1. The zero-order valence-corrected chi connectivity index (χ0v) is 30.8. The number of aliphatic carboxylic acids is 1. The van der Waals surface area contributed by atoms with Gasteiger partial charge in [-0.2, -0.15) is 29.8 Å². The maximum absolute atomic E-state index is 12.1. The molecule has 3 aromatic carbocycles. The predicted molar refractivity (Wildman–Crippen MR) is 190 cm³/mol. The summed E-state index contributed by atoms with van der Waals surface area (Å²) in [5.41, 5.74) is 2.50. The first-order valence-electron chi connectivity index (χ1n) is 15.9.